The molecule has 5 nitrogen and oxygen atoms in total. The molecule has 4 aromatic heterocycles. The van der Waals surface area contributed by atoms with Crippen molar-refractivity contribution in [2.45, 2.75) is 0 Å². The Morgan fingerprint density at radius 2 is 0.938 bits per heavy atom. The molecule has 0 aliphatic carbocycles. The van der Waals surface area contributed by atoms with Gasteiger partial charge in [0.25, 0.3) is 0 Å². The Balaban J connectivity index is 1.10. The molecule has 302 valence electrons. The van der Waals surface area contributed by atoms with Crippen LogP contribution in [0.15, 0.2) is 211 Å². The lowest BCUT2D eigenvalue weighted by Crippen LogP contribution is -2.04. The topological polar surface area (TPSA) is 56.7 Å². The van der Waals surface area contributed by atoms with E-state index in [1.807, 2.05) is 6.07 Å². The first kappa shape index (κ1) is 36.1. The number of aromatic nitrogens is 4. The molecule has 0 fully saturated rings. The number of furan rings is 1. The number of benzene rings is 10. The van der Waals surface area contributed by atoms with E-state index in [0.717, 1.165) is 77.2 Å². The Hall–Kier alpha value is -8.45. The third-order valence-corrected chi connectivity index (χ3v) is 14.2. The summed E-state index contributed by atoms with van der Waals surface area (Å²) in [6.45, 7) is 0. The first-order valence-corrected chi connectivity index (χ1v) is 22.7. The lowest BCUT2D eigenvalue weighted by molar-refractivity contribution is 0.673. The number of hydrogen-bond donors (Lipinski definition) is 0. The molecular formula is C59H34N4OS. The van der Waals surface area contributed by atoms with Crippen molar-refractivity contribution >= 4 is 96.8 Å². The summed E-state index contributed by atoms with van der Waals surface area (Å²) in [6.07, 6.45) is 0. The predicted octanol–water partition coefficient (Wildman–Crippen LogP) is 16.2. The molecule has 0 radical (unpaired) electrons. The molecule has 0 atom stereocenters. The SMILES string of the molecule is c1ccc(-c2ccc(-c3nc(-c4ccc5sc6ccccc6c5c4)nc(-c4c(-n5c6ccccc6c6cc7ccccc7cc65)ccc5c4oc4c6ccccc6ccc54)n3)cc2)cc1. The second-order valence-electron chi connectivity index (χ2n) is 16.7. The second-order valence-corrected chi connectivity index (χ2v) is 17.8. The van der Waals surface area contributed by atoms with E-state index in [4.69, 9.17) is 19.4 Å². The van der Waals surface area contributed by atoms with Crippen molar-refractivity contribution in [3.05, 3.63) is 206 Å². The van der Waals surface area contributed by atoms with Crippen LogP contribution in [0.25, 0.3) is 136 Å². The van der Waals surface area contributed by atoms with Gasteiger partial charge in [-0.15, -0.1) is 11.3 Å². The molecular weight excluding hydrogens is 813 g/mol. The molecule has 0 saturated carbocycles. The van der Waals surface area contributed by atoms with Gasteiger partial charge in [-0.1, -0.05) is 146 Å². The molecule has 6 heteroatoms. The Kier molecular flexibility index (Phi) is 7.79. The van der Waals surface area contributed by atoms with Crippen LogP contribution in [0.5, 0.6) is 0 Å². The Bertz CT molecular complexity index is 4240. The minimum absolute atomic E-state index is 0.531. The molecule has 4 heterocycles. The average Bonchev–Trinajstić information content (AvgIpc) is 4.05. The van der Waals surface area contributed by atoms with Crippen LogP contribution in [-0.2, 0) is 0 Å². The van der Waals surface area contributed by atoms with Crippen molar-refractivity contribution in [2.24, 2.45) is 0 Å². The summed E-state index contributed by atoms with van der Waals surface area (Å²) in [5.41, 5.74) is 9.54. The van der Waals surface area contributed by atoms with Crippen LogP contribution < -0.4 is 0 Å². The van der Waals surface area contributed by atoms with Crippen LogP contribution in [0.3, 0.4) is 0 Å². The van der Waals surface area contributed by atoms with Crippen molar-refractivity contribution in [1.29, 1.82) is 0 Å². The maximum atomic E-state index is 7.22. The molecule has 0 aliphatic heterocycles. The second kappa shape index (κ2) is 14.0. The van der Waals surface area contributed by atoms with Gasteiger partial charge in [0.1, 0.15) is 11.2 Å². The molecule has 0 spiro atoms. The fourth-order valence-corrected chi connectivity index (χ4v) is 11.0. The fourth-order valence-electron chi connectivity index (χ4n) is 9.93. The van der Waals surface area contributed by atoms with Gasteiger partial charge in [-0.05, 0) is 87.9 Å². The van der Waals surface area contributed by atoms with Gasteiger partial charge < -0.3 is 8.98 Å². The summed E-state index contributed by atoms with van der Waals surface area (Å²) in [5.74, 6) is 1.70. The third-order valence-electron chi connectivity index (χ3n) is 13.0. The zero-order chi connectivity index (χ0) is 42.6. The highest BCUT2D eigenvalue weighted by Gasteiger charge is 2.25. The monoisotopic (exact) mass is 846 g/mol. The van der Waals surface area contributed by atoms with Crippen molar-refractivity contribution in [2.75, 3.05) is 0 Å². The summed E-state index contributed by atoms with van der Waals surface area (Å²) >= 11 is 1.80. The quantitative estimate of drug-likeness (QED) is 0.173. The van der Waals surface area contributed by atoms with Gasteiger partial charge in [0, 0.05) is 58.2 Å². The smallest absolute Gasteiger partial charge is 0.170 e. The highest BCUT2D eigenvalue weighted by Crippen LogP contribution is 2.45. The summed E-state index contributed by atoms with van der Waals surface area (Å²) in [5, 5.41) is 11.3. The summed E-state index contributed by atoms with van der Waals surface area (Å²) in [4.78, 5) is 16.3. The Labute approximate surface area is 376 Å². The molecule has 0 amide bonds. The maximum Gasteiger partial charge on any atom is 0.170 e. The van der Waals surface area contributed by atoms with Gasteiger partial charge in [0.15, 0.2) is 17.5 Å². The Morgan fingerprint density at radius 3 is 1.78 bits per heavy atom. The molecule has 14 rings (SSSR count). The first-order chi connectivity index (χ1) is 32.2. The molecule has 0 saturated heterocycles. The van der Waals surface area contributed by atoms with Crippen molar-refractivity contribution in [3.8, 4) is 51.0 Å². The van der Waals surface area contributed by atoms with Crippen molar-refractivity contribution in [3.63, 3.8) is 0 Å². The molecule has 0 bridgehead atoms. The summed E-state index contributed by atoms with van der Waals surface area (Å²) in [7, 11) is 0. The molecule has 14 aromatic rings. The number of thiophene rings is 1. The highest BCUT2D eigenvalue weighted by atomic mass is 32.1. The van der Waals surface area contributed by atoms with E-state index in [9.17, 15) is 0 Å². The number of fused-ring (bicyclic) bond motifs is 12. The van der Waals surface area contributed by atoms with Crippen molar-refractivity contribution in [1.82, 2.24) is 19.5 Å². The molecule has 0 N–H and O–H groups in total. The number of nitrogens with zero attached hydrogens (tertiary/aromatic N) is 4. The number of rotatable bonds is 5. The fraction of sp³-hybridized carbons (Fsp3) is 0. The lowest BCUT2D eigenvalue weighted by Gasteiger charge is -2.15. The zero-order valence-corrected chi connectivity index (χ0v) is 35.6. The van der Waals surface area contributed by atoms with Gasteiger partial charge in [-0.3, -0.25) is 0 Å². The minimum atomic E-state index is 0.531. The van der Waals surface area contributed by atoms with Crippen LogP contribution in [0, 0.1) is 0 Å². The maximum absolute atomic E-state index is 7.22. The Morgan fingerprint density at radius 1 is 0.338 bits per heavy atom. The first-order valence-electron chi connectivity index (χ1n) is 21.8. The average molecular weight is 847 g/mol. The molecule has 0 unspecified atom stereocenters. The highest BCUT2D eigenvalue weighted by molar-refractivity contribution is 7.25. The van der Waals surface area contributed by atoms with Crippen LogP contribution in [0.1, 0.15) is 0 Å². The van der Waals surface area contributed by atoms with E-state index >= 15 is 0 Å². The van der Waals surface area contributed by atoms with E-state index in [1.54, 1.807) is 11.3 Å². The normalized spacial score (nSPS) is 12.0. The zero-order valence-electron chi connectivity index (χ0n) is 34.7. The van der Waals surface area contributed by atoms with E-state index in [-0.39, 0.29) is 0 Å². The van der Waals surface area contributed by atoms with Gasteiger partial charge in [0.2, 0.25) is 0 Å². The van der Waals surface area contributed by atoms with Gasteiger partial charge in [-0.25, -0.2) is 15.0 Å². The van der Waals surface area contributed by atoms with E-state index in [1.165, 1.54) is 41.7 Å². The number of para-hydroxylation sites is 1. The lowest BCUT2D eigenvalue weighted by atomic mass is 10.0. The van der Waals surface area contributed by atoms with Crippen LogP contribution in [0.4, 0.5) is 0 Å². The van der Waals surface area contributed by atoms with E-state index in [2.05, 4.69) is 205 Å². The van der Waals surface area contributed by atoms with E-state index < -0.39 is 0 Å². The van der Waals surface area contributed by atoms with Crippen LogP contribution >= 0.6 is 11.3 Å². The van der Waals surface area contributed by atoms with Gasteiger partial charge in [0.05, 0.1) is 22.3 Å². The summed E-state index contributed by atoms with van der Waals surface area (Å²) < 4.78 is 12.1. The van der Waals surface area contributed by atoms with Gasteiger partial charge in [-0.2, -0.15) is 0 Å². The van der Waals surface area contributed by atoms with Crippen LogP contribution in [0.2, 0.25) is 0 Å². The van der Waals surface area contributed by atoms with E-state index in [0.29, 0.717) is 17.5 Å². The largest absolute Gasteiger partial charge is 0.455 e. The van der Waals surface area contributed by atoms with Crippen molar-refractivity contribution < 1.29 is 4.42 Å². The third kappa shape index (κ3) is 5.61. The van der Waals surface area contributed by atoms with Crippen LogP contribution in [-0.4, -0.2) is 19.5 Å². The number of hydrogen-bond acceptors (Lipinski definition) is 5. The molecule has 10 aromatic carbocycles. The minimum Gasteiger partial charge on any atom is -0.455 e. The molecule has 65 heavy (non-hydrogen) atoms. The van der Waals surface area contributed by atoms with Gasteiger partial charge >= 0.3 is 0 Å². The predicted molar refractivity (Wildman–Crippen MR) is 271 cm³/mol. The summed E-state index contributed by atoms with van der Waals surface area (Å²) in [6, 6.07) is 73.3. The molecule has 0 aliphatic rings. The standard InChI is InChI=1S/C59H34N4OS/c1-2-12-35(13-3-1)36-22-24-38(25-23-36)57-60-58(41-27-31-53-48(33-41)44-19-9-11-21-52(44)65-53)62-59(61-57)54-50(30-29-46-45-28-26-37-14-6-7-17-42(37)55(45)64-56(46)54)63-49-20-10-8-18-43(49)47-32-39-15-4-5-16-40(39)34-51(47)63/h1-34H.